The van der Waals surface area contributed by atoms with Crippen molar-refractivity contribution in [3.8, 4) is 0 Å². The Hall–Kier alpha value is -0.510. The quantitative estimate of drug-likeness (QED) is 0.467. The second kappa shape index (κ2) is 5.01. The summed E-state index contributed by atoms with van der Waals surface area (Å²) in [6, 6.07) is 8.88. The smallest absolute Gasteiger partial charge is 0.0499 e. The van der Waals surface area contributed by atoms with Gasteiger partial charge in [0.15, 0.2) is 0 Å². The Labute approximate surface area is 95.6 Å². The lowest BCUT2D eigenvalue weighted by Gasteiger charge is -2.34. The Morgan fingerprint density at radius 2 is 2.13 bits per heavy atom. The van der Waals surface area contributed by atoms with E-state index in [0.29, 0.717) is 6.04 Å². The largest absolute Gasteiger partial charge is 0.271 e. The number of thioether (sulfide) groups is 1. The zero-order valence-electron chi connectivity index (χ0n) is 9.07. The molecule has 0 radical (unpaired) electrons. The topological polar surface area (TPSA) is 38.0 Å². The first kappa shape index (κ1) is 11.0. The molecule has 2 nitrogen and oxygen atoms in total. The Morgan fingerprint density at radius 3 is 2.67 bits per heavy atom. The van der Waals surface area contributed by atoms with Crippen molar-refractivity contribution in [2.75, 3.05) is 6.26 Å². The van der Waals surface area contributed by atoms with Crippen molar-refractivity contribution in [3.05, 3.63) is 29.8 Å². The minimum Gasteiger partial charge on any atom is -0.271 e. The molecule has 3 heteroatoms. The third-order valence-corrected chi connectivity index (χ3v) is 4.09. The van der Waals surface area contributed by atoms with Crippen molar-refractivity contribution in [3.63, 3.8) is 0 Å². The highest BCUT2D eigenvalue weighted by Crippen LogP contribution is 2.39. The fraction of sp³-hybridized carbons (Fsp3) is 0.500. The molecule has 1 aliphatic carbocycles. The molecule has 1 atom stereocenters. The standard InChI is InChI=1S/C12H18N2S/c1-15-11-8-3-2-7-10(11)12(14-13)9-5-4-6-9/h2-3,7-9,12,14H,4-6,13H2,1H3. The molecule has 2 rings (SSSR count). The van der Waals surface area contributed by atoms with Crippen molar-refractivity contribution >= 4 is 11.8 Å². The van der Waals surface area contributed by atoms with Crippen LogP contribution in [0.3, 0.4) is 0 Å². The van der Waals surface area contributed by atoms with Crippen LogP contribution in [0.2, 0.25) is 0 Å². The summed E-state index contributed by atoms with van der Waals surface area (Å²) in [6.45, 7) is 0. The molecule has 1 fully saturated rings. The van der Waals surface area contributed by atoms with Crippen LogP contribution >= 0.6 is 11.8 Å². The number of hydrazine groups is 1. The van der Waals surface area contributed by atoms with Crippen molar-refractivity contribution in [1.29, 1.82) is 0 Å². The molecule has 3 N–H and O–H groups in total. The van der Waals surface area contributed by atoms with Crippen molar-refractivity contribution < 1.29 is 0 Å². The van der Waals surface area contributed by atoms with Gasteiger partial charge in [-0.1, -0.05) is 24.6 Å². The van der Waals surface area contributed by atoms with Crippen LogP contribution in [-0.4, -0.2) is 6.26 Å². The normalized spacial score (nSPS) is 18.5. The molecule has 0 amide bonds. The summed E-state index contributed by atoms with van der Waals surface area (Å²) in [5.74, 6) is 6.40. The average Bonchev–Trinajstić information content (AvgIpc) is 2.23. The monoisotopic (exact) mass is 222 g/mol. The highest BCUT2D eigenvalue weighted by Gasteiger charge is 2.28. The summed E-state index contributed by atoms with van der Waals surface area (Å²) in [6.07, 6.45) is 6.08. The predicted molar refractivity (Wildman–Crippen MR) is 65.6 cm³/mol. The average molecular weight is 222 g/mol. The minimum absolute atomic E-state index is 0.336. The van der Waals surface area contributed by atoms with E-state index < -0.39 is 0 Å². The van der Waals surface area contributed by atoms with E-state index in [9.17, 15) is 0 Å². The Balaban J connectivity index is 2.24. The molecule has 0 saturated heterocycles. The van der Waals surface area contributed by atoms with Gasteiger partial charge in [0.1, 0.15) is 0 Å². The highest BCUT2D eigenvalue weighted by molar-refractivity contribution is 7.98. The van der Waals surface area contributed by atoms with Gasteiger partial charge in [-0.2, -0.15) is 0 Å². The van der Waals surface area contributed by atoms with E-state index in [0.717, 1.165) is 5.92 Å². The maximum atomic E-state index is 5.68. The van der Waals surface area contributed by atoms with Gasteiger partial charge in [-0.15, -0.1) is 11.8 Å². The zero-order valence-corrected chi connectivity index (χ0v) is 9.89. The Kier molecular flexibility index (Phi) is 3.67. The van der Waals surface area contributed by atoms with Gasteiger partial charge in [-0.25, -0.2) is 0 Å². The van der Waals surface area contributed by atoms with Gasteiger partial charge in [0.25, 0.3) is 0 Å². The molecule has 1 aliphatic rings. The van der Waals surface area contributed by atoms with Crippen molar-refractivity contribution in [2.45, 2.75) is 30.2 Å². The van der Waals surface area contributed by atoms with Gasteiger partial charge < -0.3 is 0 Å². The molecule has 1 unspecified atom stereocenters. The highest BCUT2D eigenvalue weighted by atomic mass is 32.2. The number of nitrogens with two attached hydrogens (primary N) is 1. The zero-order chi connectivity index (χ0) is 10.7. The van der Waals surface area contributed by atoms with Gasteiger partial charge in [0.2, 0.25) is 0 Å². The summed E-state index contributed by atoms with van der Waals surface area (Å²) < 4.78 is 0. The van der Waals surface area contributed by atoms with Gasteiger partial charge in [-0.3, -0.25) is 11.3 Å². The second-order valence-corrected chi connectivity index (χ2v) is 4.93. The minimum atomic E-state index is 0.336. The van der Waals surface area contributed by atoms with Gasteiger partial charge in [0, 0.05) is 10.9 Å². The van der Waals surface area contributed by atoms with E-state index in [2.05, 4.69) is 35.9 Å². The van der Waals surface area contributed by atoms with Crippen LogP contribution in [0.15, 0.2) is 29.2 Å². The first-order valence-electron chi connectivity index (χ1n) is 5.46. The molecular formula is C12H18N2S. The number of nitrogens with one attached hydrogen (secondary N) is 1. The molecule has 1 saturated carbocycles. The van der Waals surface area contributed by atoms with E-state index in [1.54, 1.807) is 11.8 Å². The molecule has 1 aromatic carbocycles. The maximum Gasteiger partial charge on any atom is 0.0499 e. The number of benzene rings is 1. The number of rotatable bonds is 4. The van der Waals surface area contributed by atoms with Crippen molar-refractivity contribution in [1.82, 2.24) is 5.43 Å². The maximum absolute atomic E-state index is 5.68. The molecule has 1 aromatic rings. The molecule has 0 aromatic heterocycles. The lowest BCUT2D eigenvalue weighted by molar-refractivity contribution is 0.230. The first-order valence-corrected chi connectivity index (χ1v) is 6.68. The van der Waals surface area contributed by atoms with Crippen molar-refractivity contribution in [2.24, 2.45) is 11.8 Å². The fourth-order valence-corrected chi connectivity index (χ4v) is 2.82. The van der Waals surface area contributed by atoms with Crippen LogP contribution in [0.4, 0.5) is 0 Å². The summed E-state index contributed by atoms with van der Waals surface area (Å²) in [4.78, 5) is 1.34. The Morgan fingerprint density at radius 1 is 1.40 bits per heavy atom. The van der Waals surface area contributed by atoms with Gasteiger partial charge in [-0.05, 0) is 36.6 Å². The summed E-state index contributed by atoms with van der Waals surface area (Å²) >= 11 is 1.80. The van der Waals surface area contributed by atoms with E-state index in [4.69, 9.17) is 5.84 Å². The predicted octanol–water partition coefficient (Wildman–Crippen LogP) is 2.71. The van der Waals surface area contributed by atoms with E-state index in [-0.39, 0.29) is 0 Å². The fourth-order valence-electron chi connectivity index (χ4n) is 2.18. The Bertz CT molecular complexity index is 323. The van der Waals surface area contributed by atoms with Gasteiger partial charge in [0.05, 0.1) is 0 Å². The second-order valence-electron chi connectivity index (χ2n) is 4.08. The molecule has 0 aliphatic heterocycles. The summed E-state index contributed by atoms with van der Waals surface area (Å²) in [7, 11) is 0. The third-order valence-electron chi connectivity index (χ3n) is 3.27. The summed E-state index contributed by atoms with van der Waals surface area (Å²) in [5.41, 5.74) is 4.34. The third kappa shape index (κ3) is 2.19. The number of hydrogen-bond acceptors (Lipinski definition) is 3. The molecule has 82 valence electrons. The molecule has 0 spiro atoms. The lowest BCUT2D eigenvalue weighted by Crippen LogP contribution is -2.36. The van der Waals surface area contributed by atoms with Crippen LogP contribution in [0.1, 0.15) is 30.9 Å². The van der Waals surface area contributed by atoms with Gasteiger partial charge >= 0.3 is 0 Å². The molecule has 0 bridgehead atoms. The molecule has 0 heterocycles. The van der Waals surface area contributed by atoms with Crippen LogP contribution in [0, 0.1) is 5.92 Å². The first-order chi connectivity index (χ1) is 7.36. The number of hydrogen-bond donors (Lipinski definition) is 2. The van der Waals surface area contributed by atoms with E-state index >= 15 is 0 Å². The molecule has 15 heavy (non-hydrogen) atoms. The van der Waals surface area contributed by atoms with Crippen LogP contribution < -0.4 is 11.3 Å². The van der Waals surface area contributed by atoms with Crippen LogP contribution in [-0.2, 0) is 0 Å². The molecular weight excluding hydrogens is 204 g/mol. The summed E-state index contributed by atoms with van der Waals surface area (Å²) in [5, 5.41) is 0. The SMILES string of the molecule is CSc1ccccc1C(NN)C1CCC1. The lowest BCUT2D eigenvalue weighted by atomic mass is 9.77. The van der Waals surface area contributed by atoms with E-state index in [1.165, 1.54) is 29.7 Å². The van der Waals surface area contributed by atoms with Crippen LogP contribution in [0.25, 0.3) is 0 Å². The van der Waals surface area contributed by atoms with E-state index in [1.807, 2.05) is 0 Å². The van der Waals surface area contributed by atoms with Crippen LogP contribution in [0.5, 0.6) is 0 Å².